The number of aliphatic hydroxyl groups is 2. The molecule has 1 saturated carbocycles. The second kappa shape index (κ2) is 20.7. The van der Waals surface area contributed by atoms with Gasteiger partial charge in [0, 0.05) is 37.7 Å². The normalized spacial score (nSPS) is 23.3. The smallest absolute Gasteiger partial charge is 0.410 e. The second-order valence-corrected chi connectivity index (χ2v) is 18.0. The van der Waals surface area contributed by atoms with Crippen molar-refractivity contribution in [3.05, 3.63) is 126 Å². The van der Waals surface area contributed by atoms with Crippen molar-refractivity contribution in [1.82, 2.24) is 4.90 Å². The van der Waals surface area contributed by atoms with Crippen LogP contribution in [0.3, 0.4) is 0 Å². The van der Waals surface area contributed by atoms with Crippen LogP contribution in [0, 0.1) is 23.6 Å². The van der Waals surface area contributed by atoms with Gasteiger partial charge >= 0.3 is 6.09 Å². The number of nitrogens with zero attached hydrogens (tertiary/aromatic N) is 2. The molecule has 1 amide bonds. The van der Waals surface area contributed by atoms with Crippen molar-refractivity contribution >= 4 is 34.2 Å². The molecule has 7 rings (SSSR count). The van der Waals surface area contributed by atoms with E-state index in [0.717, 1.165) is 47.6 Å². The van der Waals surface area contributed by atoms with Crippen molar-refractivity contribution in [2.24, 2.45) is 22.9 Å². The minimum atomic E-state index is -1.52. The van der Waals surface area contributed by atoms with Gasteiger partial charge in [0.1, 0.15) is 41.3 Å². The van der Waals surface area contributed by atoms with Crippen molar-refractivity contribution in [2.45, 2.75) is 95.6 Å². The van der Waals surface area contributed by atoms with Gasteiger partial charge in [-0.15, -0.1) is 18.2 Å². The van der Waals surface area contributed by atoms with Gasteiger partial charge in [0.25, 0.3) is 0 Å². The number of oxime groups is 1. The van der Waals surface area contributed by atoms with E-state index in [1.807, 2.05) is 63.2 Å². The van der Waals surface area contributed by atoms with Crippen LogP contribution in [0.4, 0.5) is 9.18 Å². The van der Waals surface area contributed by atoms with Crippen LogP contribution in [-0.2, 0) is 20.9 Å². The van der Waals surface area contributed by atoms with Gasteiger partial charge in [0.05, 0.1) is 24.1 Å². The summed E-state index contributed by atoms with van der Waals surface area (Å²) in [4.78, 5) is 22.3. The molecule has 0 aromatic heterocycles. The molecule has 0 saturated heterocycles. The Morgan fingerprint density at radius 3 is 2.40 bits per heavy atom. The number of halogens is 2. The number of alkyl halides is 1. The van der Waals surface area contributed by atoms with Gasteiger partial charge in [0.2, 0.25) is 5.79 Å². The lowest BCUT2D eigenvalue weighted by Crippen LogP contribution is -2.70. The third-order valence-electron chi connectivity index (χ3n) is 12.2. The van der Waals surface area contributed by atoms with Gasteiger partial charge < -0.3 is 34.0 Å². The SMILES string of the molecule is C=CCOC12Oc3ccc(Oc4ccc5ccccc5c4)cc3C3C(CCCCO)C(CCCCO)C=C(C(=NOC(C)(C)C)CC1N(Cc1ccc(F)cc1)C(=O)OCCCl)C32. The maximum atomic E-state index is 14.5. The Labute approximate surface area is 375 Å². The zero-order valence-corrected chi connectivity index (χ0v) is 37.3. The number of benzene rings is 4. The van der Waals surface area contributed by atoms with Crippen LogP contribution in [0.25, 0.3) is 10.8 Å². The molecule has 2 N–H and O–H groups in total. The Hall–Kier alpha value is -4.94. The summed E-state index contributed by atoms with van der Waals surface area (Å²) < 4.78 is 41.2. The molecule has 1 heterocycles. The molecule has 4 aromatic rings. The monoisotopic (exact) mass is 882 g/mol. The molecule has 6 unspecified atom stereocenters. The summed E-state index contributed by atoms with van der Waals surface area (Å²) in [6.45, 7) is 10.1. The van der Waals surface area contributed by atoms with Crippen molar-refractivity contribution in [1.29, 1.82) is 0 Å². The van der Waals surface area contributed by atoms with Gasteiger partial charge in [-0.25, -0.2) is 9.18 Å². The van der Waals surface area contributed by atoms with E-state index in [-0.39, 0.29) is 63.0 Å². The fourth-order valence-electron chi connectivity index (χ4n) is 9.57. The number of fused-ring (bicyclic) bond motifs is 3. The molecular weight excluding hydrogens is 823 g/mol. The number of aliphatic hydroxyl groups excluding tert-OH is 2. The van der Waals surface area contributed by atoms with Gasteiger partial charge in [0.15, 0.2) is 0 Å². The maximum absolute atomic E-state index is 14.5. The lowest BCUT2D eigenvalue weighted by atomic mass is 9.55. The highest BCUT2D eigenvalue weighted by Gasteiger charge is 2.65. The number of unbranched alkanes of at least 4 members (excludes halogenated alkanes) is 2. The Kier molecular flexibility index (Phi) is 15.1. The number of ether oxygens (including phenoxy) is 4. The number of hydrogen-bond donors (Lipinski definition) is 2. The summed E-state index contributed by atoms with van der Waals surface area (Å²) >= 11 is 6.08. The first-order valence-electron chi connectivity index (χ1n) is 22.2. The Balaban J connectivity index is 1.46. The summed E-state index contributed by atoms with van der Waals surface area (Å²) in [6.07, 6.45) is 7.94. The summed E-state index contributed by atoms with van der Waals surface area (Å²) in [5.74, 6) is -0.700. The molecule has 63 heavy (non-hydrogen) atoms. The summed E-state index contributed by atoms with van der Waals surface area (Å²) in [7, 11) is 0. The van der Waals surface area contributed by atoms with Gasteiger partial charge in [-0.1, -0.05) is 72.6 Å². The number of rotatable bonds is 19. The van der Waals surface area contributed by atoms with Crippen molar-refractivity contribution in [3.8, 4) is 17.2 Å². The molecule has 336 valence electrons. The fourth-order valence-corrected chi connectivity index (χ4v) is 9.65. The van der Waals surface area contributed by atoms with Crippen LogP contribution < -0.4 is 9.47 Å². The largest absolute Gasteiger partial charge is 0.459 e. The van der Waals surface area contributed by atoms with Crippen molar-refractivity contribution in [2.75, 3.05) is 32.3 Å². The Morgan fingerprint density at radius 2 is 1.68 bits per heavy atom. The first-order valence-corrected chi connectivity index (χ1v) is 22.7. The number of hydrogen-bond acceptors (Lipinski definition) is 9. The molecule has 1 aliphatic heterocycles. The van der Waals surface area contributed by atoms with E-state index >= 15 is 0 Å². The van der Waals surface area contributed by atoms with Crippen molar-refractivity contribution < 1.29 is 43.2 Å². The highest BCUT2D eigenvalue weighted by molar-refractivity contribution is 6.18. The van der Waals surface area contributed by atoms with E-state index in [4.69, 9.17) is 40.5 Å². The molecule has 3 aliphatic rings. The standard InChI is InChI=1S/C51H60ClFN2O8/c1-5-27-60-51-46(55(49(58)59-28-24-52)33-34-16-19-38(53)20-17-34)32-44(54-63-50(2,3)4)42-30-37(14-8-10-25-56)41(15-9-11-26-57)47(48(42)51)43-31-40(22-23-45(43)62-51)61-39-21-18-35-12-6-7-13-36(35)29-39/h5-7,12-13,16-23,29-31,37,41,46-48,56-57H,1,8-11,14-15,24-28,32-33H2,2-4H3. The van der Waals surface area contributed by atoms with Crippen LogP contribution in [-0.4, -0.2) is 76.7 Å². The van der Waals surface area contributed by atoms with Gasteiger partial charge in [-0.05, 0) is 123 Å². The highest BCUT2D eigenvalue weighted by Crippen LogP contribution is 2.62. The lowest BCUT2D eigenvalue weighted by molar-refractivity contribution is -0.256. The molecule has 2 aliphatic carbocycles. The molecule has 10 nitrogen and oxygen atoms in total. The van der Waals surface area contributed by atoms with E-state index in [9.17, 15) is 19.4 Å². The zero-order chi connectivity index (χ0) is 44.6. The van der Waals surface area contributed by atoms with E-state index < -0.39 is 35.3 Å². The van der Waals surface area contributed by atoms with E-state index in [0.29, 0.717) is 41.4 Å². The minimum Gasteiger partial charge on any atom is -0.459 e. The number of carbonyl (C=O) groups is 1. The maximum Gasteiger partial charge on any atom is 0.410 e. The molecule has 1 fully saturated rings. The molecule has 0 spiro atoms. The molecule has 12 heteroatoms. The zero-order valence-electron chi connectivity index (χ0n) is 36.5. The summed E-state index contributed by atoms with van der Waals surface area (Å²) in [5, 5.41) is 27.0. The number of allylic oxidation sites excluding steroid dienone is 1. The molecule has 6 atom stereocenters. The molecule has 0 radical (unpaired) electrons. The third-order valence-corrected chi connectivity index (χ3v) is 12.4. The van der Waals surface area contributed by atoms with Crippen LogP contribution in [0.15, 0.2) is 114 Å². The predicted molar refractivity (Wildman–Crippen MR) is 244 cm³/mol. The Bertz CT molecular complexity index is 2260. The topological polar surface area (TPSA) is 119 Å². The highest BCUT2D eigenvalue weighted by atomic mass is 35.5. The van der Waals surface area contributed by atoms with Crippen LogP contribution >= 0.6 is 11.6 Å². The average molecular weight is 883 g/mol. The molecule has 4 aromatic carbocycles. The Morgan fingerprint density at radius 1 is 0.968 bits per heavy atom. The minimum absolute atomic E-state index is 0.00607. The summed E-state index contributed by atoms with van der Waals surface area (Å²) in [6, 6.07) is 25.2. The van der Waals surface area contributed by atoms with Crippen LogP contribution in [0.5, 0.6) is 17.2 Å². The van der Waals surface area contributed by atoms with Gasteiger partial charge in [-0.2, -0.15) is 0 Å². The first kappa shape index (κ1) is 46.1. The first-order chi connectivity index (χ1) is 30.5. The van der Waals surface area contributed by atoms with Gasteiger partial charge in [-0.3, -0.25) is 4.90 Å². The quantitative estimate of drug-likeness (QED) is 0.0414. The van der Waals surface area contributed by atoms with E-state index in [1.54, 1.807) is 23.1 Å². The average Bonchev–Trinajstić information content (AvgIpc) is 3.27. The van der Waals surface area contributed by atoms with E-state index in [2.05, 4.69) is 30.9 Å². The van der Waals surface area contributed by atoms with Crippen LogP contribution in [0.1, 0.15) is 82.8 Å². The number of amides is 1. The fraction of sp³-hybridized carbons (Fsp3) is 0.451. The molecular formula is C51H60ClFN2O8. The number of carbonyl (C=O) groups excluding carboxylic acids is 1. The lowest BCUT2D eigenvalue weighted by Gasteiger charge is -2.60. The predicted octanol–water partition coefficient (Wildman–Crippen LogP) is 11.1. The van der Waals surface area contributed by atoms with Crippen molar-refractivity contribution in [3.63, 3.8) is 0 Å². The van der Waals surface area contributed by atoms with E-state index in [1.165, 1.54) is 12.1 Å². The summed E-state index contributed by atoms with van der Waals surface area (Å²) in [5.41, 5.74) is 2.50. The second-order valence-electron chi connectivity index (χ2n) is 17.6. The molecule has 0 bridgehead atoms. The van der Waals surface area contributed by atoms with Crippen LogP contribution in [0.2, 0.25) is 0 Å². The third kappa shape index (κ3) is 10.5.